The summed E-state index contributed by atoms with van der Waals surface area (Å²) in [6.45, 7) is 2.09. The molecule has 0 amide bonds. The third kappa shape index (κ3) is 4.66. The predicted molar refractivity (Wildman–Crippen MR) is 122 cm³/mol. The first-order valence-corrected chi connectivity index (χ1v) is 10.2. The van der Waals surface area contributed by atoms with Gasteiger partial charge in [-0.2, -0.15) is 0 Å². The van der Waals surface area contributed by atoms with Crippen LogP contribution in [0.1, 0.15) is 30.9 Å². The Hall–Kier alpha value is -3.61. The summed E-state index contributed by atoms with van der Waals surface area (Å²) in [7, 11) is 5.83. The summed E-state index contributed by atoms with van der Waals surface area (Å²) in [5.74, 6) is 1.11. The Morgan fingerprint density at radius 3 is 1.31 bits per heavy atom. The number of phenolic OH excluding ortho intramolecular Hbond substituents is 2. The van der Waals surface area contributed by atoms with E-state index >= 15 is 0 Å². The van der Waals surface area contributed by atoms with E-state index in [0.717, 1.165) is 0 Å². The summed E-state index contributed by atoms with van der Waals surface area (Å²) in [6, 6.07) is 6.65. The minimum atomic E-state index is -0.0868. The van der Waals surface area contributed by atoms with Gasteiger partial charge in [0.15, 0.2) is 28.8 Å². The quantitative estimate of drug-likeness (QED) is 0.634. The highest BCUT2D eigenvalue weighted by molar-refractivity contribution is 6.14. The molecule has 1 fully saturated rings. The van der Waals surface area contributed by atoms with Gasteiger partial charge in [-0.05, 0) is 66.3 Å². The van der Waals surface area contributed by atoms with E-state index in [9.17, 15) is 15.0 Å². The van der Waals surface area contributed by atoms with Crippen LogP contribution in [0.2, 0.25) is 0 Å². The van der Waals surface area contributed by atoms with Gasteiger partial charge >= 0.3 is 0 Å². The second-order valence-corrected chi connectivity index (χ2v) is 7.73. The number of allylic oxidation sites excluding steroid dienone is 2. The number of ketones is 1. The molecule has 32 heavy (non-hydrogen) atoms. The standard InChI is InChI=1S/C25H28O7/c1-14-6-17(8-15-10-19(29-2)24(27)20(11-15)30-3)23(26)18(7-14)9-16-12-21(31-4)25(28)22(13-16)32-5/h8-14,27-28H,6-7H2,1-5H3/b17-8-,18-9+. The van der Waals surface area contributed by atoms with Crippen LogP contribution < -0.4 is 18.9 Å². The Kier molecular flexibility index (Phi) is 6.98. The van der Waals surface area contributed by atoms with E-state index in [1.807, 2.05) is 0 Å². The smallest absolute Gasteiger partial charge is 0.200 e. The fourth-order valence-electron chi connectivity index (χ4n) is 3.86. The summed E-state index contributed by atoms with van der Waals surface area (Å²) in [6.07, 6.45) is 4.86. The molecule has 1 atom stereocenters. The fourth-order valence-corrected chi connectivity index (χ4v) is 3.86. The lowest BCUT2D eigenvalue weighted by molar-refractivity contribution is -0.113. The molecule has 1 saturated carbocycles. The molecule has 2 aromatic carbocycles. The molecular formula is C25H28O7. The third-order valence-corrected chi connectivity index (χ3v) is 5.41. The Bertz CT molecular complexity index is 948. The molecule has 2 N–H and O–H groups in total. The number of rotatable bonds is 6. The first kappa shape index (κ1) is 23.1. The van der Waals surface area contributed by atoms with Crippen LogP contribution in [0.4, 0.5) is 0 Å². The lowest BCUT2D eigenvalue weighted by Crippen LogP contribution is -2.18. The minimum Gasteiger partial charge on any atom is -0.502 e. The zero-order valence-electron chi connectivity index (χ0n) is 18.9. The molecule has 0 radical (unpaired) electrons. The van der Waals surface area contributed by atoms with Crippen molar-refractivity contribution in [3.63, 3.8) is 0 Å². The Balaban J connectivity index is 2.02. The molecule has 1 unspecified atom stereocenters. The summed E-state index contributed by atoms with van der Waals surface area (Å²) in [5, 5.41) is 20.3. The Labute approximate surface area is 187 Å². The largest absolute Gasteiger partial charge is 0.502 e. The van der Waals surface area contributed by atoms with E-state index in [4.69, 9.17) is 18.9 Å². The lowest BCUT2D eigenvalue weighted by atomic mass is 9.80. The van der Waals surface area contributed by atoms with Crippen LogP contribution in [0.3, 0.4) is 0 Å². The Morgan fingerprint density at radius 2 is 1.03 bits per heavy atom. The van der Waals surface area contributed by atoms with Gasteiger partial charge in [0.2, 0.25) is 11.5 Å². The van der Waals surface area contributed by atoms with Gasteiger partial charge in [0.1, 0.15) is 0 Å². The zero-order valence-corrected chi connectivity index (χ0v) is 18.9. The van der Waals surface area contributed by atoms with Gasteiger partial charge in [0.05, 0.1) is 28.4 Å². The minimum absolute atomic E-state index is 0.0554. The van der Waals surface area contributed by atoms with Gasteiger partial charge in [-0.15, -0.1) is 0 Å². The molecule has 0 heterocycles. The Morgan fingerprint density at radius 1 is 0.719 bits per heavy atom. The molecule has 7 nitrogen and oxygen atoms in total. The number of benzene rings is 2. The van der Waals surface area contributed by atoms with Gasteiger partial charge in [-0.1, -0.05) is 6.92 Å². The van der Waals surface area contributed by atoms with Gasteiger partial charge in [-0.3, -0.25) is 4.79 Å². The van der Waals surface area contributed by atoms with Crippen molar-refractivity contribution in [3.05, 3.63) is 46.5 Å². The molecule has 2 aromatic rings. The molecule has 0 aliphatic heterocycles. The van der Waals surface area contributed by atoms with Crippen molar-refractivity contribution >= 4 is 17.9 Å². The molecule has 3 rings (SSSR count). The molecular weight excluding hydrogens is 412 g/mol. The molecule has 0 saturated heterocycles. The maximum atomic E-state index is 13.3. The number of hydrogen-bond donors (Lipinski definition) is 2. The van der Waals surface area contributed by atoms with Crippen molar-refractivity contribution in [2.24, 2.45) is 5.92 Å². The van der Waals surface area contributed by atoms with Crippen molar-refractivity contribution < 1.29 is 34.0 Å². The number of ether oxygens (including phenoxy) is 4. The van der Waals surface area contributed by atoms with Gasteiger partial charge in [0.25, 0.3) is 0 Å². The topological polar surface area (TPSA) is 94.5 Å². The second-order valence-electron chi connectivity index (χ2n) is 7.73. The van der Waals surface area contributed by atoms with E-state index in [-0.39, 0.29) is 46.2 Å². The molecule has 0 bridgehead atoms. The molecule has 1 aliphatic carbocycles. The van der Waals surface area contributed by atoms with E-state index in [2.05, 4.69) is 6.92 Å². The first-order chi connectivity index (χ1) is 15.3. The number of hydrogen-bond acceptors (Lipinski definition) is 7. The number of Topliss-reactive ketones (excluding diaryl/α,β-unsaturated/α-hetero) is 1. The number of carbonyl (C=O) groups excluding carboxylic acids is 1. The van der Waals surface area contributed by atoms with Crippen LogP contribution in [0.15, 0.2) is 35.4 Å². The first-order valence-electron chi connectivity index (χ1n) is 10.2. The highest BCUT2D eigenvalue weighted by atomic mass is 16.5. The highest BCUT2D eigenvalue weighted by Crippen LogP contribution is 2.40. The maximum absolute atomic E-state index is 13.3. The number of phenols is 2. The van der Waals surface area contributed by atoms with Crippen LogP contribution >= 0.6 is 0 Å². The van der Waals surface area contributed by atoms with Crippen molar-refractivity contribution in [2.75, 3.05) is 28.4 Å². The van der Waals surface area contributed by atoms with E-state index in [0.29, 0.717) is 35.1 Å². The third-order valence-electron chi connectivity index (χ3n) is 5.41. The van der Waals surface area contributed by atoms with Crippen molar-refractivity contribution in [1.29, 1.82) is 0 Å². The lowest BCUT2D eigenvalue weighted by Gasteiger charge is -2.23. The number of methoxy groups -OCH3 is 4. The molecule has 170 valence electrons. The number of aromatic hydroxyl groups is 2. The van der Waals surface area contributed by atoms with Crippen LogP contribution in [0.5, 0.6) is 34.5 Å². The zero-order chi connectivity index (χ0) is 23.4. The fraction of sp³-hybridized carbons (Fsp3) is 0.320. The van der Waals surface area contributed by atoms with E-state index < -0.39 is 0 Å². The monoisotopic (exact) mass is 440 g/mol. The van der Waals surface area contributed by atoms with Gasteiger partial charge in [0, 0.05) is 11.1 Å². The molecule has 0 aromatic heterocycles. The maximum Gasteiger partial charge on any atom is 0.200 e. The summed E-state index contributed by atoms with van der Waals surface area (Å²) in [5.41, 5.74) is 2.70. The number of carbonyl (C=O) groups is 1. The van der Waals surface area contributed by atoms with Crippen LogP contribution in [-0.4, -0.2) is 44.4 Å². The average molecular weight is 440 g/mol. The summed E-state index contributed by atoms with van der Waals surface area (Å²) in [4.78, 5) is 13.3. The van der Waals surface area contributed by atoms with Crippen LogP contribution in [-0.2, 0) is 4.79 Å². The highest BCUT2D eigenvalue weighted by Gasteiger charge is 2.26. The van der Waals surface area contributed by atoms with E-state index in [1.54, 1.807) is 36.4 Å². The predicted octanol–water partition coefficient (Wildman–Crippen LogP) is 4.60. The second kappa shape index (κ2) is 9.68. The summed E-state index contributed by atoms with van der Waals surface area (Å²) >= 11 is 0. The molecule has 1 aliphatic rings. The molecule has 0 spiro atoms. The van der Waals surface area contributed by atoms with Crippen LogP contribution in [0.25, 0.3) is 12.2 Å². The van der Waals surface area contributed by atoms with Crippen molar-refractivity contribution in [1.82, 2.24) is 0 Å². The van der Waals surface area contributed by atoms with Gasteiger partial charge in [-0.25, -0.2) is 0 Å². The molecule has 7 heteroatoms. The summed E-state index contributed by atoms with van der Waals surface area (Å²) < 4.78 is 20.9. The normalized spacial score (nSPS) is 18.7. The van der Waals surface area contributed by atoms with Crippen molar-refractivity contribution in [3.8, 4) is 34.5 Å². The van der Waals surface area contributed by atoms with Crippen LogP contribution in [0, 0.1) is 5.92 Å². The SMILES string of the molecule is COc1cc(/C=C2/CC(C)C/C(=C\c3cc(OC)c(O)c(OC)c3)C2=O)cc(OC)c1O. The van der Waals surface area contributed by atoms with Crippen molar-refractivity contribution in [2.45, 2.75) is 19.8 Å². The average Bonchev–Trinajstić information content (AvgIpc) is 2.78. The van der Waals surface area contributed by atoms with Gasteiger partial charge < -0.3 is 29.2 Å². The van der Waals surface area contributed by atoms with E-state index in [1.165, 1.54) is 28.4 Å².